The van der Waals surface area contributed by atoms with Crippen molar-refractivity contribution in [3.05, 3.63) is 29.8 Å². The highest BCUT2D eigenvalue weighted by Crippen LogP contribution is 2.39. The number of epoxide rings is 1. The van der Waals surface area contributed by atoms with Crippen LogP contribution in [0.1, 0.15) is 12.5 Å². The van der Waals surface area contributed by atoms with E-state index in [1.807, 2.05) is 13.0 Å². The van der Waals surface area contributed by atoms with Gasteiger partial charge < -0.3 is 9.47 Å². The van der Waals surface area contributed by atoms with Crippen LogP contribution in [-0.2, 0) is 10.3 Å². The molecule has 1 heterocycles. The van der Waals surface area contributed by atoms with Gasteiger partial charge in [0.1, 0.15) is 11.4 Å². The smallest absolute Gasteiger partial charge is 0.387 e. The molecule has 2 rings (SSSR count). The molecule has 0 bridgehead atoms. The van der Waals surface area contributed by atoms with E-state index in [0.29, 0.717) is 6.61 Å². The van der Waals surface area contributed by atoms with Crippen LogP contribution < -0.4 is 4.74 Å². The molecule has 0 amide bonds. The van der Waals surface area contributed by atoms with Crippen molar-refractivity contribution in [3.8, 4) is 5.75 Å². The number of rotatable bonds is 3. The molecule has 1 saturated heterocycles. The number of alkyl halides is 2. The van der Waals surface area contributed by atoms with Crippen LogP contribution in [0.4, 0.5) is 8.78 Å². The summed E-state index contributed by atoms with van der Waals surface area (Å²) in [5.74, 6) is 0.175. The van der Waals surface area contributed by atoms with E-state index in [2.05, 4.69) is 4.74 Å². The van der Waals surface area contributed by atoms with Gasteiger partial charge in [0.15, 0.2) is 0 Å². The summed E-state index contributed by atoms with van der Waals surface area (Å²) in [5.41, 5.74) is 0.567. The third-order valence-corrected chi connectivity index (χ3v) is 2.25. The van der Waals surface area contributed by atoms with Crippen LogP contribution in [-0.4, -0.2) is 13.2 Å². The number of hydrogen-bond acceptors (Lipinski definition) is 2. The topological polar surface area (TPSA) is 21.8 Å². The Morgan fingerprint density at radius 1 is 1.50 bits per heavy atom. The van der Waals surface area contributed by atoms with Crippen molar-refractivity contribution < 1.29 is 18.3 Å². The Bertz CT molecular complexity index is 335. The standard InChI is InChI=1S/C10H10F2O2/c1-10(6-13-10)7-3-2-4-8(5-7)14-9(11)12/h2-5,9H,6H2,1H3. The second-order valence-electron chi connectivity index (χ2n) is 3.43. The van der Waals surface area contributed by atoms with Gasteiger partial charge in [0, 0.05) is 0 Å². The Balaban J connectivity index is 2.19. The predicted octanol–water partition coefficient (Wildman–Crippen LogP) is 2.53. The van der Waals surface area contributed by atoms with Crippen LogP contribution in [0.3, 0.4) is 0 Å². The maximum absolute atomic E-state index is 11.9. The predicted molar refractivity (Wildman–Crippen MR) is 46.4 cm³/mol. The van der Waals surface area contributed by atoms with E-state index < -0.39 is 6.61 Å². The normalized spacial score (nSPS) is 25.1. The molecule has 1 aliphatic heterocycles. The Morgan fingerprint density at radius 2 is 2.21 bits per heavy atom. The Hall–Kier alpha value is -1.16. The van der Waals surface area contributed by atoms with Gasteiger partial charge in [-0.2, -0.15) is 8.78 Å². The summed E-state index contributed by atoms with van der Waals surface area (Å²) in [7, 11) is 0. The van der Waals surface area contributed by atoms with E-state index in [0.717, 1.165) is 5.56 Å². The van der Waals surface area contributed by atoms with Crippen LogP contribution in [0.2, 0.25) is 0 Å². The summed E-state index contributed by atoms with van der Waals surface area (Å²) in [4.78, 5) is 0. The highest BCUT2D eigenvalue weighted by atomic mass is 19.3. The zero-order valence-electron chi connectivity index (χ0n) is 7.67. The lowest BCUT2D eigenvalue weighted by molar-refractivity contribution is -0.0499. The van der Waals surface area contributed by atoms with Crippen LogP contribution in [0.25, 0.3) is 0 Å². The van der Waals surface area contributed by atoms with Crippen molar-refractivity contribution in [2.24, 2.45) is 0 Å². The first kappa shape index (κ1) is 9.40. The molecule has 0 saturated carbocycles. The Kier molecular flexibility index (Phi) is 2.15. The zero-order chi connectivity index (χ0) is 10.2. The maximum atomic E-state index is 11.9. The Labute approximate surface area is 80.4 Å². The van der Waals surface area contributed by atoms with E-state index in [4.69, 9.17) is 4.74 Å². The van der Waals surface area contributed by atoms with Crippen LogP contribution in [0.5, 0.6) is 5.75 Å². The van der Waals surface area contributed by atoms with Gasteiger partial charge in [-0.3, -0.25) is 0 Å². The molecule has 1 aromatic carbocycles. The fraction of sp³-hybridized carbons (Fsp3) is 0.400. The quantitative estimate of drug-likeness (QED) is 0.699. The number of ether oxygens (including phenoxy) is 2. The zero-order valence-corrected chi connectivity index (χ0v) is 7.67. The van der Waals surface area contributed by atoms with E-state index in [-0.39, 0.29) is 11.4 Å². The van der Waals surface area contributed by atoms with Crippen molar-refractivity contribution in [1.82, 2.24) is 0 Å². The third-order valence-electron chi connectivity index (χ3n) is 2.25. The van der Waals surface area contributed by atoms with Crippen molar-refractivity contribution in [2.75, 3.05) is 6.61 Å². The minimum Gasteiger partial charge on any atom is -0.435 e. The van der Waals surface area contributed by atoms with Crippen molar-refractivity contribution >= 4 is 0 Å². The molecular weight excluding hydrogens is 190 g/mol. The van der Waals surface area contributed by atoms with E-state index >= 15 is 0 Å². The summed E-state index contributed by atoms with van der Waals surface area (Å²) >= 11 is 0. The SMILES string of the molecule is CC1(c2cccc(OC(F)F)c2)CO1. The monoisotopic (exact) mass is 200 g/mol. The molecule has 2 nitrogen and oxygen atoms in total. The fourth-order valence-corrected chi connectivity index (χ4v) is 1.28. The molecule has 0 aromatic heterocycles. The molecule has 0 spiro atoms. The Morgan fingerprint density at radius 3 is 2.79 bits per heavy atom. The highest BCUT2D eigenvalue weighted by molar-refractivity contribution is 5.34. The van der Waals surface area contributed by atoms with Gasteiger partial charge in [0.2, 0.25) is 0 Å². The maximum Gasteiger partial charge on any atom is 0.387 e. The molecule has 1 atom stereocenters. The lowest BCUT2D eigenvalue weighted by atomic mass is 10.0. The summed E-state index contributed by atoms with van der Waals surface area (Å²) < 4.78 is 33.3. The largest absolute Gasteiger partial charge is 0.435 e. The number of halogens is 2. The molecule has 14 heavy (non-hydrogen) atoms. The minimum absolute atomic E-state index is 0.175. The molecule has 1 fully saturated rings. The highest BCUT2D eigenvalue weighted by Gasteiger charge is 2.41. The number of benzene rings is 1. The van der Waals surface area contributed by atoms with Crippen molar-refractivity contribution in [2.45, 2.75) is 19.1 Å². The van der Waals surface area contributed by atoms with Gasteiger partial charge in [-0.15, -0.1) is 0 Å². The van der Waals surface area contributed by atoms with E-state index in [1.165, 1.54) is 6.07 Å². The van der Waals surface area contributed by atoms with Crippen LogP contribution in [0.15, 0.2) is 24.3 Å². The lowest BCUT2D eigenvalue weighted by Crippen LogP contribution is -2.05. The molecule has 0 N–H and O–H groups in total. The van der Waals surface area contributed by atoms with Gasteiger partial charge in [0.05, 0.1) is 6.61 Å². The first-order chi connectivity index (χ1) is 6.60. The molecular formula is C10H10F2O2. The summed E-state index contributed by atoms with van der Waals surface area (Å²) in [6.45, 7) is -0.238. The second kappa shape index (κ2) is 3.20. The fourth-order valence-electron chi connectivity index (χ4n) is 1.28. The van der Waals surface area contributed by atoms with Crippen molar-refractivity contribution in [3.63, 3.8) is 0 Å². The molecule has 1 aromatic rings. The van der Waals surface area contributed by atoms with Crippen LogP contribution in [0, 0.1) is 0 Å². The summed E-state index contributed by atoms with van der Waals surface area (Å²) in [6, 6.07) is 6.60. The lowest BCUT2D eigenvalue weighted by Gasteiger charge is -2.08. The van der Waals surface area contributed by atoms with Gasteiger partial charge in [0.25, 0.3) is 0 Å². The number of hydrogen-bond donors (Lipinski definition) is 0. The first-order valence-corrected chi connectivity index (χ1v) is 4.29. The molecule has 4 heteroatoms. The van der Waals surface area contributed by atoms with Crippen LogP contribution >= 0.6 is 0 Å². The average molecular weight is 200 g/mol. The molecule has 76 valence electrons. The van der Waals surface area contributed by atoms with Crippen molar-refractivity contribution in [1.29, 1.82) is 0 Å². The molecule has 0 radical (unpaired) electrons. The average Bonchev–Trinajstić information content (AvgIpc) is 2.84. The second-order valence-corrected chi connectivity index (χ2v) is 3.43. The van der Waals surface area contributed by atoms with Gasteiger partial charge >= 0.3 is 6.61 Å². The van der Waals surface area contributed by atoms with Gasteiger partial charge in [-0.1, -0.05) is 12.1 Å². The summed E-state index contributed by atoms with van der Waals surface area (Å²) in [6.07, 6.45) is 0. The molecule has 1 aliphatic rings. The molecule has 1 unspecified atom stereocenters. The van der Waals surface area contributed by atoms with E-state index in [9.17, 15) is 8.78 Å². The summed E-state index contributed by atoms with van der Waals surface area (Å²) in [5, 5.41) is 0. The van der Waals surface area contributed by atoms with Gasteiger partial charge in [-0.05, 0) is 24.6 Å². The first-order valence-electron chi connectivity index (χ1n) is 4.29. The minimum atomic E-state index is -2.78. The third kappa shape index (κ3) is 1.85. The van der Waals surface area contributed by atoms with E-state index in [1.54, 1.807) is 12.1 Å². The molecule has 0 aliphatic carbocycles. The van der Waals surface area contributed by atoms with Gasteiger partial charge in [-0.25, -0.2) is 0 Å².